The Labute approximate surface area is 105 Å². The van der Waals surface area contributed by atoms with Gasteiger partial charge in [0, 0.05) is 13.1 Å². The van der Waals surface area contributed by atoms with Gasteiger partial charge in [0.2, 0.25) is 5.91 Å². The van der Waals surface area contributed by atoms with E-state index in [1.54, 1.807) is 12.1 Å². The molecule has 1 heterocycles. The molecule has 1 amide bonds. The Kier molecular flexibility index (Phi) is 3.49. The Morgan fingerprint density at radius 3 is 2.94 bits per heavy atom. The Bertz CT molecular complexity index is 507. The Morgan fingerprint density at radius 1 is 1.61 bits per heavy atom. The van der Waals surface area contributed by atoms with Crippen LogP contribution >= 0.6 is 0 Å². The predicted octanol–water partition coefficient (Wildman–Crippen LogP) is 0.362. The highest BCUT2D eigenvalue weighted by atomic mass is 16.3. The zero-order chi connectivity index (χ0) is 13.1. The smallest absolute Gasteiger partial charge is 0.222 e. The average molecular weight is 245 g/mol. The van der Waals surface area contributed by atoms with Crippen LogP contribution in [0.25, 0.3) is 0 Å². The van der Waals surface area contributed by atoms with Crippen molar-refractivity contribution < 1.29 is 9.90 Å². The zero-order valence-corrected chi connectivity index (χ0v) is 9.97. The van der Waals surface area contributed by atoms with E-state index in [-0.39, 0.29) is 18.4 Å². The fraction of sp³-hybridized carbons (Fsp3) is 0.385. The maximum absolute atomic E-state index is 11.1. The van der Waals surface area contributed by atoms with Crippen LogP contribution in [0.2, 0.25) is 0 Å². The summed E-state index contributed by atoms with van der Waals surface area (Å²) < 4.78 is 0. The summed E-state index contributed by atoms with van der Waals surface area (Å²) in [6.45, 7) is 1.20. The summed E-state index contributed by atoms with van der Waals surface area (Å²) in [6, 6.07) is 7.39. The molecule has 0 spiro atoms. The van der Waals surface area contributed by atoms with Crippen LogP contribution < -0.4 is 10.6 Å². The molecule has 2 rings (SSSR count). The monoisotopic (exact) mass is 245 g/mol. The first kappa shape index (κ1) is 12.4. The van der Waals surface area contributed by atoms with Crippen LogP contribution in [-0.2, 0) is 11.4 Å². The van der Waals surface area contributed by atoms with E-state index < -0.39 is 0 Å². The van der Waals surface area contributed by atoms with Crippen molar-refractivity contribution in [1.29, 1.82) is 5.26 Å². The van der Waals surface area contributed by atoms with Crippen LogP contribution in [0.5, 0.6) is 0 Å². The van der Waals surface area contributed by atoms with Crippen molar-refractivity contribution in [2.75, 3.05) is 18.0 Å². The molecule has 5 nitrogen and oxygen atoms in total. The lowest BCUT2D eigenvalue weighted by Crippen LogP contribution is -2.27. The molecule has 0 aliphatic carbocycles. The van der Waals surface area contributed by atoms with Gasteiger partial charge in [-0.3, -0.25) is 4.79 Å². The Hall–Kier alpha value is -2.06. The van der Waals surface area contributed by atoms with Crippen molar-refractivity contribution in [3.8, 4) is 6.07 Å². The van der Waals surface area contributed by atoms with Gasteiger partial charge in [-0.2, -0.15) is 5.26 Å². The van der Waals surface area contributed by atoms with Gasteiger partial charge in [0.05, 0.1) is 23.8 Å². The third kappa shape index (κ3) is 2.29. The first-order chi connectivity index (χ1) is 8.65. The molecule has 3 N–H and O–H groups in total. The molecule has 1 saturated heterocycles. The van der Waals surface area contributed by atoms with Crippen molar-refractivity contribution in [2.24, 2.45) is 11.7 Å². The fourth-order valence-electron chi connectivity index (χ4n) is 2.26. The van der Waals surface area contributed by atoms with E-state index in [0.717, 1.165) is 18.7 Å². The number of nitrogens with two attached hydrogens (primary N) is 1. The molecule has 1 unspecified atom stereocenters. The number of nitriles is 1. The lowest BCUT2D eigenvalue weighted by Gasteiger charge is -2.20. The Morgan fingerprint density at radius 2 is 2.39 bits per heavy atom. The molecule has 1 fully saturated rings. The summed E-state index contributed by atoms with van der Waals surface area (Å²) in [5, 5.41) is 18.2. The molecule has 1 aromatic rings. The van der Waals surface area contributed by atoms with E-state index in [2.05, 4.69) is 6.07 Å². The van der Waals surface area contributed by atoms with Gasteiger partial charge in [0.15, 0.2) is 0 Å². The van der Waals surface area contributed by atoms with E-state index >= 15 is 0 Å². The van der Waals surface area contributed by atoms with Gasteiger partial charge in [-0.1, -0.05) is 6.07 Å². The van der Waals surface area contributed by atoms with Crippen molar-refractivity contribution in [3.63, 3.8) is 0 Å². The number of aliphatic hydroxyl groups excluding tert-OH is 1. The molecule has 5 heteroatoms. The molecule has 1 aromatic carbocycles. The van der Waals surface area contributed by atoms with Gasteiger partial charge in [0.1, 0.15) is 6.07 Å². The van der Waals surface area contributed by atoms with Crippen LogP contribution in [0.3, 0.4) is 0 Å². The topological polar surface area (TPSA) is 90.3 Å². The number of carbonyl (C=O) groups excluding carboxylic acids is 1. The highest BCUT2D eigenvalue weighted by Gasteiger charge is 2.27. The van der Waals surface area contributed by atoms with E-state index in [1.807, 2.05) is 11.0 Å². The lowest BCUT2D eigenvalue weighted by molar-refractivity contribution is -0.121. The average Bonchev–Trinajstić information content (AvgIpc) is 2.87. The van der Waals surface area contributed by atoms with Gasteiger partial charge in [-0.05, 0) is 24.1 Å². The number of nitrogens with zero attached hydrogens (tertiary/aromatic N) is 2. The molecule has 0 radical (unpaired) electrons. The second-order valence-corrected chi connectivity index (χ2v) is 4.46. The number of primary amides is 1. The SMILES string of the molecule is N#Cc1cc(CO)ccc1N1CCC(C(N)=O)C1. The molecule has 94 valence electrons. The van der Waals surface area contributed by atoms with Crippen LogP contribution in [0.1, 0.15) is 17.5 Å². The minimum atomic E-state index is -0.289. The fourth-order valence-corrected chi connectivity index (χ4v) is 2.26. The van der Waals surface area contributed by atoms with Crippen molar-refractivity contribution in [2.45, 2.75) is 13.0 Å². The number of amides is 1. The normalized spacial score (nSPS) is 18.7. The van der Waals surface area contributed by atoms with Gasteiger partial charge in [0.25, 0.3) is 0 Å². The van der Waals surface area contributed by atoms with Gasteiger partial charge in [-0.15, -0.1) is 0 Å². The van der Waals surface area contributed by atoms with Gasteiger partial charge >= 0.3 is 0 Å². The number of hydrogen-bond donors (Lipinski definition) is 2. The lowest BCUT2D eigenvalue weighted by atomic mass is 10.1. The molecular formula is C13H15N3O2. The second kappa shape index (κ2) is 5.07. The van der Waals surface area contributed by atoms with Crippen LogP contribution in [0.15, 0.2) is 18.2 Å². The third-order valence-corrected chi connectivity index (χ3v) is 3.30. The minimum absolute atomic E-state index is 0.0845. The number of hydrogen-bond acceptors (Lipinski definition) is 4. The molecular weight excluding hydrogens is 230 g/mol. The summed E-state index contributed by atoms with van der Waals surface area (Å²) in [6.07, 6.45) is 0.724. The van der Waals surface area contributed by atoms with E-state index in [0.29, 0.717) is 17.7 Å². The van der Waals surface area contributed by atoms with Gasteiger partial charge in [-0.25, -0.2) is 0 Å². The molecule has 1 aliphatic heterocycles. The molecule has 0 aromatic heterocycles. The number of anilines is 1. The number of benzene rings is 1. The molecule has 1 atom stereocenters. The molecule has 0 saturated carbocycles. The van der Waals surface area contributed by atoms with Crippen molar-refractivity contribution >= 4 is 11.6 Å². The summed E-state index contributed by atoms with van der Waals surface area (Å²) in [7, 11) is 0. The molecule has 0 bridgehead atoms. The summed E-state index contributed by atoms with van der Waals surface area (Å²) in [5.74, 6) is -0.433. The van der Waals surface area contributed by atoms with Crippen molar-refractivity contribution in [3.05, 3.63) is 29.3 Å². The number of aliphatic hydroxyl groups is 1. The number of carbonyl (C=O) groups is 1. The predicted molar refractivity (Wildman–Crippen MR) is 66.6 cm³/mol. The van der Waals surface area contributed by atoms with E-state index in [9.17, 15) is 4.79 Å². The summed E-state index contributed by atoms with van der Waals surface area (Å²) >= 11 is 0. The van der Waals surface area contributed by atoms with Gasteiger partial charge < -0.3 is 15.7 Å². The maximum Gasteiger partial charge on any atom is 0.222 e. The minimum Gasteiger partial charge on any atom is -0.392 e. The maximum atomic E-state index is 11.1. The summed E-state index contributed by atoms with van der Waals surface area (Å²) in [5.41, 5.74) is 7.32. The highest BCUT2D eigenvalue weighted by molar-refractivity contribution is 5.78. The second-order valence-electron chi connectivity index (χ2n) is 4.46. The Balaban J connectivity index is 2.24. The van der Waals surface area contributed by atoms with Crippen molar-refractivity contribution in [1.82, 2.24) is 0 Å². The van der Waals surface area contributed by atoms with E-state index in [4.69, 9.17) is 16.1 Å². The number of rotatable bonds is 3. The first-order valence-electron chi connectivity index (χ1n) is 5.84. The first-order valence-corrected chi connectivity index (χ1v) is 5.84. The van der Waals surface area contributed by atoms with Crippen LogP contribution in [0.4, 0.5) is 5.69 Å². The largest absolute Gasteiger partial charge is 0.392 e. The third-order valence-electron chi connectivity index (χ3n) is 3.30. The van der Waals surface area contributed by atoms with E-state index in [1.165, 1.54) is 0 Å². The molecule has 18 heavy (non-hydrogen) atoms. The summed E-state index contributed by atoms with van der Waals surface area (Å²) in [4.78, 5) is 13.1. The highest BCUT2D eigenvalue weighted by Crippen LogP contribution is 2.27. The molecule has 1 aliphatic rings. The van der Waals surface area contributed by atoms with Crippen LogP contribution in [0, 0.1) is 17.2 Å². The standard InChI is InChI=1S/C13H15N3O2/c14-6-11-5-9(8-17)1-2-12(11)16-4-3-10(7-16)13(15)18/h1-2,5,10,17H,3-4,7-8H2,(H2,15,18). The quantitative estimate of drug-likeness (QED) is 0.804. The zero-order valence-electron chi connectivity index (χ0n) is 9.97. The van der Waals surface area contributed by atoms with Crippen LogP contribution in [-0.4, -0.2) is 24.1 Å².